The van der Waals surface area contributed by atoms with Crippen LogP contribution in [0.25, 0.3) is 0 Å². The monoisotopic (exact) mass is 227 g/mol. The summed E-state index contributed by atoms with van der Waals surface area (Å²) >= 11 is 0. The second-order valence-electron chi connectivity index (χ2n) is 3.29. The fourth-order valence-electron chi connectivity index (χ4n) is 1.17. The number of hydrogen-bond acceptors (Lipinski definition) is 5. The average molecular weight is 227 g/mol. The molecular formula is C10H17N3O3. The molecule has 0 amide bonds. The Morgan fingerprint density at radius 2 is 2.38 bits per heavy atom. The standard InChI is InChI=1S/C10H17N3O3/c1-3-15-4-5-16-10(14)9(11)8-6-12-13(2)7-8/h6-7,9H,3-5,11H2,1-2H3. The normalized spacial score (nSPS) is 12.4. The number of ether oxygens (including phenoxy) is 2. The van der Waals surface area contributed by atoms with Crippen molar-refractivity contribution in [1.29, 1.82) is 0 Å². The van der Waals surface area contributed by atoms with Gasteiger partial charge in [-0.25, -0.2) is 4.79 Å². The molecule has 0 aliphatic carbocycles. The molecule has 2 N–H and O–H groups in total. The number of esters is 1. The summed E-state index contributed by atoms with van der Waals surface area (Å²) in [5.74, 6) is -0.465. The zero-order chi connectivity index (χ0) is 12.0. The number of nitrogens with zero attached hydrogens (tertiary/aromatic N) is 2. The molecule has 16 heavy (non-hydrogen) atoms. The smallest absolute Gasteiger partial charge is 0.327 e. The molecule has 0 aliphatic heterocycles. The summed E-state index contributed by atoms with van der Waals surface area (Å²) in [5, 5.41) is 3.93. The number of carbonyl (C=O) groups is 1. The molecule has 0 aromatic carbocycles. The molecule has 1 atom stereocenters. The van der Waals surface area contributed by atoms with Gasteiger partial charge >= 0.3 is 5.97 Å². The molecule has 1 heterocycles. The van der Waals surface area contributed by atoms with E-state index in [2.05, 4.69) is 5.10 Å². The zero-order valence-electron chi connectivity index (χ0n) is 9.55. The first-order valence-corrected chi connectivity index (χ1v) is 5.13. The minimum atomic E-state index is -0.782. The third-order valence-corrected chi connectivity index (χ3v) is 2.01. The summed E-state index contributed by atoms with van der Waals surface area (Å²) in [4.78, 5) is 11.5. The molecule has 0 radical (unpaired) electrons. The van der Waals surface area contributed by atoms with Gasteiger partial charge in [-0.05, 0) is 6.92 Å². The van der Waals surface area contributed by atoms with E-state index in [1.165, 1.54) is 0 Å². The van der Waals surface area contributed by atoms with E-state index in [1.54, 1.807) is 24.1 Å². The molecule has 6 heteroatoms. The molecule has 90 valence electrons. The lowest BCUT2D eigenvalue weighted by Crippen LogP contribution is -2.24. The van der Waals surface area contributed by atoms with Crippen LogP contribution in [0.15, 0.2) is 12.4 Å². The van der Waals surface area contributed by atoms with Crippen molar-refractivity contribution in [3.63, 3.8) is 0 Å². The average Bonchev–Trinajstić information content (AvgIpc) is 2.70. The van der Waals surface area contributed by atoms with Crippen LogP contribution in [0.2, 0.25) is 0 Å². The van der Waals surface area contributed by atoms with Gasteiger partial charge < -0.3 is 15.2 Å². The Morgan fingerprint density at radius 3 is 2.94 bits per heavy atom. The molecule has 0 saturated heterocycles. The first-order valence-electron chi connectivity index (χ1n) is 5.13. The number of carbonyl (C=O) groups excluding carboxylic acids is 1. The van der Waals surface area contributed by atoms with Crippen LogP contribution in [0.5, 0.6) is 0 Å². The molecule has 1 aromatic rings. The highest BCUT2D eigenvalue weighted by atomic mass is 16.6. The molecule has 0 fully saturated rings. The van der Waals surface area contributed by atoms with Crippen LogP contribution < -0.4 is 5.73 Å². The summed E-state index contributed by atoms with van der Waals surface area (Å²) in [7, 11) is 1.76. The second kappa shape index (κ2) is 6.24. The predicted octanol–water partition coefficient (Wildman–Crippen LogP) is -0.000400. The van der Waals surface area contributed by atoms with Crippen LogP contribution >= 0.6 is 0 Å². The van der Waals surface area contributed by atoms with Crippen molar-refractivity contribution < 1.29 is 14.3 Å². The number of hydrogen-bond donors (Lipinski definition) is 1. The molecule has 0 aliphatic rings. The minimum Gasteiger partial charge on any atom is -0.462 e. The van der Waals surface area contributed by atoms with E-state index in [9.17, 15) is 4.79 Å². The quantitative estimate of drug-likeness (QED) is 0.546. The number of rotatable bonds is 6. The number of aryl methyl sites for hydroxylation is 1. The fraction of sp³-hybridized carbons (Fsp3) is 0.600. The van der Waals surface area contributed by atoms with Crippen LogP contribution in [0.3, 0.4) is 0 Å². The van der Waals surface area contributed by atoms with Gasteiger partial charge in [0.25, 0.3) is 0 Å². The maximum atomic E-state index is 11.5. The van der Waals surface area contributed by atoms with Crippen LogP contribution in [0.4, 0.5) is 0 Å². The molecule has 0 saturated carbocycles. The Labute approximate surface area is 94.3 Å². The van der Waals surface area contributed by atoms with E-state index in [0.29, 0.717) is 18.8 Å². The highest BCUT2D eigenvalue weighted by Gasteiger charge is 2.18. The fourth-order valence-corrected chi connectivity index (χ4v) is 1.17. The van der Waals surface area contributed by atoms with E-state index in [4.69, 9.17) is 15.2 Å². The molecular weight excluding hydrogens is 210 g/mol. The number of aromatic nitrogens is 2. The van der Waals surface area contributed by atoms with E-state index in [1.807, 2.05) is 6.92 Å². The largest absolute Gasteiger partial charge is 0.462 e. The topological polar surface area (TPSA) is 79.4 Å². The van der Waals surface area contributed by atoms with Crippen molar-refractivity contribution in [3.05, 3.63) is 18.0 Å². The summed E-state index contributed by atoms with van der Waals surface area (Å²) in [6.45, 7) is 3.10. The SMILES string of the molecule is CCOCCOC(=O)C(N)c1cnn(C)c1. The van der Waals surface area contributed by atoms with Crippen molar-refractivity contribution in [2.24, 2.45) is 12.8 Å². The van der Waals surface area contributed by atoms with Gasteiger partial charge in [-0.3, -0.25) is 4.68 Å². The van der Waals surface area contributed by atoms with Crippen LogP contribution in [0, 0.1) is 0 Å². The van der Waals surface area contributed by atoms with Crippen molar-refractivity contribution >= 4 is 5.97 Å². The van der Waals surface area contributed by atoms with Crippen molar-refractivity contribution in [2.45, 2.75) is 13.0 Å². The van der Waals surface area contributed by atoms with Gasteiger partial charge in [0.15, 0.2) is 0 Å². The molecule has 0 spiro atoms. The van der Waals surface area contributed by atoms with Gasteiger partial charge in [0.1, 0.15) is 12.6 Å². The van der Waals surface area contributed by atoms with Gasteiger partial charge in [0, 0.05) is 25.4 Å². The van der Waals surface area contributed by atoms with E-state index < -0.39 is 12.0 Å². The molecule has 0 bridgehead atoms. The second-order valence-corrected chi connectivity index (χ2v) is 3.29. The van der Waals surface area contributed by atoms with E-state index >= 15 is 0 Å². The van der Waals surface area contributed by atoms with Crippen molar-refractivity contribution in [1.82, 2.24) is 9.78 Å². The summed E-state index contributed by atoms with van der Waals surface area (Å²) < 4.78 is 11.6. The Bertz CT molecular complexity index is 338. The van der Waals surface area contributed by atoms with E-state index in [-0.39, 0.29) is 6.61 Å². The number of nitrogens with two attached hydrogens (primary N) is 1. The molecule has 6 nitrogen and oxygen atoms in total. The van der Waals surface area contributed by atoms with Gasteiger partial charge in [0.2, 0.25) is 0 Å². The Morgan fingerprint density at radius 1 is 1.62 bits per heavy atom. The lowest BCUT2D eigenvalue weighted by Gasteiger charge is -2.09. The lowest BCUT2D eigenvalue weighted by molar-refractivity contribution is -0.146. The van der Waals surface area contributed by atoms with Gasteiger partial charge in [-0.1, -0.05) is 0 Å². The first-order chi connectivity index (χ1) is 7.65. The predicted molar refractivity (Wildman–Crippen MR) is 57.6 cm³/mol. The molecule has 1 aromatic heterocycles. The Kier molecular flexibility index (Phi) is 4.94. The maximum absolute atomic E-state index is 11.5. The highest BCUT2D eigenvalue weighted by molar-refractivity contribution is 5.77. The van der Waals surface area contributed by atoms with Crippen LogP contribution in [-0.2, 0) is 21.3 Å². The summed E-state index contributed by atoms with van der Waals surface area (Å²) in [5.41, 5.74) is 6.34. The van der Waals surface area contributed by atoms with E-state index in [0.717, 1.165) is 0 Å². The minimum absolute atomic E-state index is 0.223. The Balaban J connectivity index is 2.36. The van der Waals surface area contributed by atoms with Crippen molar-refractivity contribution in [3.8, 4) is 0 Å². The zero-order valence-corrected chi connectivity index (χ0v) is 9.55. The van der Waals surface area contributed by atoms with Gasteiger partial charge in [0.05, 0.1) is 12.8 Å². The first kappa shape index (κ1) is 12.7. The van der Waals surface area contributed by atoms with Crippen LogP contribution in [-0.4, -0.2) is 35.6 Å². The highest BCUT2D eigenvalue weighted by Crippen LogP contribution is 2.09. The van der Waals surface area contributed by atoms with Gasteiger partial charge in [-0.15, -0.1) is 0 Å². The third kappa shape index (κ3) is 3.63. The lowest BCUT2D eigenvalue weighted by atomic mass is 10.2. The third-order valence-electron chi connectivity index (χ3n) is 2.01. The maximum Gasteiger partial charge on any atom is 0.327 e. The van der Waals surface area contributed by atoms with Crippen LogP contribution in [0.1, 0.15) is 18.5 Å². The Hall–Kier alpha value is -1.40. The van der Waals surface area contributed by atoms with Gasteiger partial charge in [-0.2, -0.15) is 5.10 Å². The van der Waals surface area contributed by atoms with Crippen molar-refractivity contribution in [2.75, 3.05) is 19.8 Å². The summed E-state index contributed by atoms with van der Waals surface area (Å²) in [6.07, 6.45) is 3.24. The molecule has 1 unspecified atom stereocenters. The summed E-state index contributed by atoms with van der Waals surface area (Å²) in [6, 6.07) is -0.782. The molecule has 1 rings (SSSR count).